The highest BCUT2D eigenvalue weighted by Gasteiger charge is 2.13. The third-order valence-corrected chi connectivity index (χ3v) is 4.91. The minimum absolute atomic E-state index is 0.625. The Kier molecular flexibility index (Phi) is 6.63. The summed E-state index contributed by atoms with van der Waals surface area (Å²) >= 11 is 0. The van der Waals surface area contributed by atoms with Gasteiger partial charge >= 0.3 is 0 Å². The molecule has 28 heavy (non-hydrogen) atoms. The number of hydrogen-bond acceptors (Lipinski definition) is 4. The van der Waals surface area contributed by atoms with E-state index in [0.717, 1.165) is 31.2 Å². The first-order chi connectivity index (χ1) is 13.6. The van der Waals surface area contributed by atoms with Crippen molar-refractivity contribution in [3.05, 3.63) is 47.5 Å². The van der Waals surface area contributed by atoms with Gasteiger partial charge in [0.2, 0.25) is 0 Å². The number of aliphatic imine (C=N–C) groups is 1. The molecule has 0 aliphatic carbocycles. The third-order valence-electron chi connectivity index (χ3n) is 4.91. The summed E-state index contributed by atoms with van der Waals surface area (Å²) in [6.07, 6.45) is 2.35. The van der Waals surface area contributed by atoms with E-state index in [0.29, 0.717) is 18.0 Å². The highest BCUT2D eigenvalue weighted by Crippen LogP contribution is 2.30. The molecule has 1 aliphatic heterocycles. The van der Waals surface area contributed by atoms with Crippen LogP contribution in [0.3, 0.4) is 0 Å². The minimum Gasteiger partial charge on any atom is -0.493 e. The molecule has 6 heteroatoms. The zero-order chi connectivity index (χ0) is 19.9. The van der Waals surface area contributed by atoms with E-state index < -0.39 is 0 Å². The molecule has 0 atom stereocenters. The van der Waals surface area contributed by atoms with Crippen LogP contribution >= 0.6 is 0 Å². The van der Waals surface area contributed by atoms with E-state index in [2.05, 4.69) is 47.7 Å². The van der Waals surface area contributed by atoms with Gasteiger partial charge in [0.1, 0.15) is 0 Å². The maximum Gasteiger partial charge on any atom is 0.196 e. The summed E-state index contributed by atoms with van der Waals surface area (Å²) in [4.78, 5) is 7.08. The first-order valence-electron chi connectivity index (χ1n) is 9.75. The molecule has 150 valence electrons. The molecule has 0 saturated carbocycles. The Morgan fingerprint density at radius 3 is 2.68 bits per heavy atom. The summed E-state index contributed by atoms with van der Waals surface area (Å²) in [5.41, 5.74) is 4.87. The molecule has 0 amide bonds. The predicted molar refractivity (Wildman–Crippen MR) is 116 cm³/mol. The lowest BCUT2D eigenvalue weighted by molar-refractivity contribution is 0.355. The lowest BCUT2D eigenvalue weighted by Crippen LogP contribution is -2.30. The molecule has 2 N–H and O–H groups in total. The molecule has 6 nitrogen and oxygen atoms in total. The van der Waals surface area contributed by atoms with Crippen LogP contribution in [-0.4, -0.2) is 40.3 Å². The smallest absolute Gasteiger partial charge is 0.196 e. The maximum absolute atomic E-state index is 5.38. The number of aryl methyl sites for hydroxylation is 1. The van der Waals surface area contributed by atoms with Crippen molar-refractivity contribution in [1.82, 2.24) is 5.32 Å². The highest BCUT2D eigenvalue weighted by atomic mass is 16.5. The van der Waals surface area contributed by atoms with Crippen molar-refractivity contribution in [2.24, 2.45) is 4.99 Å². The van der Waals surface area contributed by atoms with E-state index in [9.17, 15) is 0 Å². The lowest BCUT2D eigenvalue weighted by Gasteiger charge is -2.27. The van der Waals surface area contributed by atoms with E-state index in [1.54, 1.807) is 14.2 Å². The van der Waals surface area contributed by atoms with Crippen molar-refractivity contribution >= 4 is 17.3 Å². The summed E-state index contributed by atoms with van der Waals surface area (Å²) in [7, 11) is 5.42. The van der Waals surface area contributed by atoms with E-state index in [1.807, 2.05) is 18.2 Å². The van der Waals surface area contributed by atoms with Gasteiger partial charge in [-0.2, -0.15) is 0 Å². The van der Waals surface area contributed by atoms with Crippen LogP contribution in [0.15, 0.2) is 41.4 Å². The van der Waals surface area contributed by atoms with E-state index in [4.69, 9.17) is 14.5 Å². The van der Waals surface area contributed by atoms with Crippen molar-refractivity contribution in [3.8, 4) is 11.5 Å². The second-order valence-electron chi connectivity index (χ2n) is 6.88. The summed E-state index contributed by atoms with van der Waals surface area (Å²) in [6.45, 7) is 4.60. The number of fused-ring (bicyclic) bond motifs is 1. The fraction of sp³-hybridized carbons (Fsp3) is 0.409. The van der Waals surface area contributed by atoms with Crippen LogP contribution in [0.1, 0.15) is 24.5 Å². The van der Waals surface area contributed by atoms with Gasteiger partial charge in [-0.1, -0.05) is 12.1 Å². The number of nitrogens with zero attached hydrogens (tertiary/aromatic N) is 2. The Bertz CT molecular complexity index is 835. The van der Waals surface area contributed by atoms with Crippen LogP contribution in [0.4, 0.5) is 11.4 Å². The molecule has 1 aliphatic rings. The predicted octanol–water partition coefficient (Wildman–Crippen LogP) is 3.66. The van der Waals surface area contributed by atoms with Crippen LogP contribution in [-0.2, 0) is 13.0 Å². The Labute approximate surface area is 167 Å². The molecule has 0 saturated heterocycles. The van der Waals surface area contributed by atoms with Gasteiger partial charge in [-0.25, -0.2) is 4.99 Å². The Hall–Kier alpha value is -2.89. The van der Waals surface area contributed by atoms with Gasteiger partial charge in [-0.05, 0) is 49.1 Å². The molecule has 0 aromatic heterocycles. The van der Waals surface area contributed by atoms with Crippen LogP contribution in [0.25, 0.3) is 0 Å². The van der Waals surface area contributed by atoms with Gasteiger partial charge in [-0.3, -0.25) is 0 Å². The summed E-state index contributed by atoms with van der Waals surface area (Å²) in [5.74, 6) is 2.13. The van der Waals surface area contributed by atoms with E-state index in [-0.39, 0.29) is 0 Å². The topological polar surface area (TPSA) is 58.1 Å². The van der Waals surface area contributed by atoms with Gasteiger partial charge in [0.05, 0.1) is 20.8 Å². The monoisotopic (exact) mass is 382 g/mol. The number of anilines is 2. The molecule has 0 spiro atoms. The fourth-order valence-electron chi connectivity index (χ4n) is 3.47. The minimum atomic E-state index is 0.625. The van der Waals surface area contributed by atoms with E-state index >= 15 is 0 Å². The second kappa shape index (κ2) is 9.35. The Balaban J connectivity index is 1.74. The lowest BCUT2D eigenvalue weighted by atomic mass is 10.00. The summed E-state index contributed by atoms with van der Waals surface area (Å²) < 4.78 is 10.7. The van der Waals surface area contributed by atoms with Crippen molar-refractivity contribution in [3.63, 3.8) is 0 Å². The Morgan fingerprint density at radius 1 is 1.11 bits per heavy atom. The maximum atomic E-state index is 5.38. The van der Waals surface area contributed by atoms with Crippen LogP contribution in [0.5, 0.6) is 11.5 Å². The standard InChI is InChI=1S/C22H30N4O2/c1-5-23-22(25-18-9-11-20(27-3)21(14-18)28-4)24-15-16-8-10-19-17(13-16)7-6-12-26(19)2/h8-11,13-14H,5-7,12,15H2,1-4H3,(H2,23,24,25). The molecule has 2 aromatic carbocycles. The van der Waals surface area contributed by atoms with Gasteiger partial charge < -0.3 is 25.0 Å². The van der Waals surface area contributed by atoms with Crippen LogP contribution < -0.4 is 25.0 Å². The third kappa shape index (κ3) is 4.68. The van der Waals surface area contributed by atoms with Gasteiger partial charge in [0, 0.05) is 37.6 Å². The van der Waals surface area contributed by atoms with Gasteiger partial charge in [0.25, 0.3) is 0 Å². The van der Waals surface area contributed by atoms with Crippen molar-refractivity contribution in [1.29, 1.82) is 0 Å². The molecule has 0 fully saturated rings. The molecule has 0 bridgehead atoms. The number of guanidine groups is 1. The second-order valence-corrected chi connectivity index (χ2v) is 6.88. The number of rotatable bonds is 6. The first-order valence-corrected chi connectivity index (χ1v) is 9.75. The first kappa shape index (κ1) is 19.9. The molecule has 1 heterocycles. The molecule has 0 unspecified atom stereocenters. The number of nitrogens with one attached hydrogen (secondary N) is 2. The van der Waals surface area contributed by atoms with Gasteiger partial charge in [0.15, 0.2) is 17.5 Å². The van der Waals surface area contributed by atoms with Crippen molar-refractivity contribution < 1.29 is 9.47 Å². The van der Waals surface area contributed by atoms with Gasteiger partial charge in [-0.15, -0.1) is 0 Å². The average Bonchev–Trinajstić information content (AvgIpc) is 2.72. The number of hydrogen-bond donors (Lipinski definition) is 2. The Morgan fingerprint density at radius 2 is 1.93 bits per heavy atom. The molecule has 3 rings (SSSR count). The zero-order valence-electron chi connectivity index (χ0n) is 17.2. The SMILES string of the molecule is CCNC(=NCc1ccc2c(c1)CCCN2C)Nc1ccc(OC)c(OC)c1. The zero-order valence-corrected chi connectivity index (χ0v) is 17.2. The van der Waals surface area contributed by atoms with Crippen LogP contribution in [0.2, 0.25) is 0 Å². The largest absolute Gasteiger partial charge is 0.493 e. The average molecular weight is 383 g/mol. The molecule has 0 radical (unpaired) electrons. The van der Waals surface area contributed by atoms with Crippen molar-refractivity contribution in [2.45, 2.75) is 26.3 Å². The van der Waals surface area contributed by atoms with Crippen LogP contribution in [0, 0.1) is 0 Å². The summed E-state index contributed by atoms with van der Waals surface area (Å²) in [5, 5.41) is 6.64. The number of benzene rings is 2. The fourth-order valence-corrected chi connectivity index (χ4v) is 3.47. The quantitative estimate of drug-likeness (QED) is 0.590. The molecular formula is C22H30N4O2. The van der Waals surface area contributed by atoms with Crippen molar-refractivity contribution in [2.75, 3.05) is 44.6 Å². The molecule has 2 aromatic rings. The molecular weight excluding hydrogens is 352 g/mol. The summed E-state index contributed by atoms with van der Waals surface area (Å²) in [6, 6.07) is 12.4. The number of ether oxygens (including phenoxy) is 2. The normalized spacial score (nSPS) is 13.7. The van der Waals surface area contributed by atoms with E-state index in [1.165, 1.54) is 23.2 Å². The highest BCUT2D eigenvalue weighted by molar-refractivity contribution is 5.93. The number of methoxy groups -OCH3 is 2.